The van der Waals surface area contributed by atoms with E-state index in [-0.39, 0.29) is 4.21 Å². The summed E-state index contributed by atoms with van der Waals surface area (Å²) in [4.78, 5) is 0. The minimum absolute atomic E-state index is 0.145. The summed E-state index contributed by atoms with van der Waals surface area (Å²) in [6, 6.07) is 5.62. The van der Waals surface area contributed by atoms with Gasteiger partial charge < -0.3 is 0 Å². The van der Waals surface area contributed by atoms with Gasteiger partial charge in [-0.3, -0.25) is 4.31 Å². The summed E-state index contributed by atoms with van der Waals surface area (Å²) in [6.07, 6.45) is 0.578. The van der Waals surface area contributed by atoms with Crippen molar-refractivity contribution in [2.75, 3.05) is 10.8 Å². The monoisotopic (exact) mass is 395 g/mol. The average molecular weight is 397 g/mol. The van der Waals surface area contributed by atoms with Gasteiger partial charge in [-0.2, -0.15) is 0 Å². The minimum atomic E-state index is -3.70. The van der Waals surface area contributed by atoms with Crippen LogP contribution in [0.25, 0.3) is 0 Å². The van der Waals surface area contributed by atoms with Crippen molar-refractivity contribution in [3.63, 3.8) is 0 Å². The number of nitrogens with zero attached hydrogens (tertiary/aromatic N) is 1. The van der Waals surface area contributed by atoms with E-state index in [9.17, 15) is 12.8 Å². The van der Waals surface area contributed by atoms with E-state index in [1.807, 2.05) is 0 Å². The number of halogens is 3. The molecule has 0 N–H and O–H groups in total. The number of anilines is 1. The van der Waals surface area contributed by atoms with Crippen LogP contribution in [0.3, 0.4) is 0 Å². The van der Waals surface area contributed by atoms with E-state index in [0.717, 1.165) is 16.9 Å². The van der Waals surface area contributed by atoms with Gasteiger partial charge >= 0.3 is 0 Å². The van der Waals surface area contributed by atoms with Crippen molar-refractivity contribution in [1.29, 1.82) is 0 Å². The van der Waals surface area contributed by atoms with Crippen molar-refractivity contribution >= 4 is 54.6 Å². The Balaban J connectivity index is 2.09. The highest BCUT2D eigenvalue weighted by Crippen LogP contribution is 2.39. The summed E-state index contributed by atoms with van der Waals surface area (Å²) >= 11 is 10.1. The second-order valence-corrected chi connectivity index (χ2v) is 9.15. The van der Waals surface area contributed by atoms with Crippen LogP contribution in [0.4, 0.5) is 10.1 Å². The predicted molar refractivity (Wildman–Crippen MR) is 81.7 cm³/mol. The SMILES string of the molecule is O=S(=O)(c1cc(Cl)c(Br)s1)N1CCc2ccc(F)cc21. The molecule has 2 aromatic rings. The van der Waals surface area contributed by atoms with Crippen LogP contribution in [0.2, 0.25) is 5.02 Å². The number of benzene rings is 1. The highest BCUT2D eigenvalue weighted by atomic mass is 79.9. The van der Waals surface area contributed by atoms with E-state index in [1.54, 1.807) is 6.07 Å². The normalized spacial score (nSPS) is 14.7. The summed E-state index contributed by atoms with van der Waals surface area (Å²) in [5.74, 6) is -0.448. The van der Waals surface area contributed by atoms with E-state index in [4.69, 9.17) is 11.6 Å². The van der Waals surface area contributed by atoms with E-state index in [1.165, 1.54) is 22.5 Å². The average Bonchev–Trinajstić information content (AvgIpc) is 2.94. The maximum Gasteiger partial charge on any atom is 0.273 e. The number of sulfonamides is 1. The fraction of sp³-hybridized carbons (Fsp3) is 0.167. The molecule has 0 bridgehead atoms. The summed E-state index contributed by atoms with van der Waals surface area (Å²) in [5, 5.41) is 0.354. The number of fused-ring (bicyclic) bond motifs is 1. The molecule has 106 valence electrons. The molecule has 0 saturated heterocycles. The van der Waals surface area contributed by atoms with Crippen LogP contribution < -0.4 is 4.31 Å². The van der Waals surface area contributed by atoms with E-state index in [0.29, 0.717) is 27.5 Å². The zero-order chi connectivity index (χ0) is 14.5. The molecule has 0 unspecified atom stereocenters. The van der Waals surface area contributed by atoms with Crippen LogP contribution in [0.5, 0.6) is 0 Å². The van der Waals surface area contributed by atoms with Crippen molar-refractivity contribution in [3.8, 4) is 0 Å². The van der Waals surface area contributed by atoms with Crippen LogP contribution in [-0.4, -0.2) is 15.0 Å². The molecule has 3 rings (SSSR count). The Morgan fingerprint density at radius 1 is 1.35 bits per heavy atom. The van der Waals surface area contributed by atoms with Crippen LogP contribution in [-0.2, 0) is 16.4 Å². The van der Waals surface area contributed by atoms with Gasteiger partial charge in [0.25, 0.3) is 10.0 Å². The number of hydrogen-bond acceptors (Lipinski definition) is 3. The van der Waals surface area contributed by atoms with Gasteiger partial charge in [0, 0.05) is 6.54 Å². The van der Waals surface area contributed by atoms with Gasteiger partial charge in [0.1, 0.15) is 10.0 Å². The van der Waals surface area contributed by atoms with Gasteiger partial charge in [-0.15, -0.1) is 11.3 Å². The molecule has 0 atom stereocenters. The fourth-order valence-electron chi connectivity index (χ4n) is 2.14. The van der Waals surface area contributed by atoms with Crippen molar-refractivity contribution in [3.05, 3.63) is 44.5 Å². The third kappa shape index (κ3) is 2.26. The molecule has 8 heteroatoms. The molecule has 3 nitrogen and oxygen atoms in total. The Morgan fingerprint density at radius 3 is 2.75 bits per heavy atom. The summed E-state index contributed by atoms with van der Waals surface area (Å²) < 4.78 is 40.5. The smallest absolute Gasteiger partial charge is 0.265 e. The molecule has 0 spiro atoms. The topological polar surface area (TPSA) is 37.4 Å². The van der Waals surface area contributed by atoms with E-state index in [2.05, 4.69) is 15.9 Å². The van der Waals surface area contributed by atoms with Gasteiger partial charge in [-0.25, -0.2) is 12.8 Å². The first-order chi connectivity index (χ1) is 9.39. The van der Waals surface area contributed by atoms with Crippen LogP contribution in [0, 0.1) is 5.82 Å². The number of hydrogen-bond donors (Lipinski definition) is 0. The summed E-state index contributed by atoms with van der Waals surface area (Å²) in [5.41, 5.74) is 1.24. The zero-order valence-electron chi connectivity index (χ0n) is 9.94. The molecule has 2 heterocycles. The Morgan fingerprint density at radius 2 is 2.10 bits per heavy atom. The van der Waals surface area contributed by atoms with Crippen LogP contribution >= 0.6 is 38.9 Å². The van der Waals surface area contributed by atoms with E-state index < -0.39 is 15.8 Å². The lowest BCUT2D eigenvalue weighted by atomic mass is 10.2. The third-order valence-corrected chi connectivity index (χ3v) is 7.80. The molecule has 0 fully saturated rings. The standard InChI is InChI=1S/C12H8BrClFNO2S2/c13-12-9(14)6-11(19-12)20(17,18)16-4-3-7-1-2-8(15)5-10(7)16/h1-2,5-6H,3-4H2. The zero-order valence-corrected chi connectivity index (χ0v) is 13.9. The van der Waals surface area contributed by atoms with Crippen LogP contribution in [0.15, 0.2) is 32.3 Å². The molecule has 1 aromatic heterocycles. The third-order valence-electron chi connectivity index (χ3n) is 3.07. The molecule has 1 aliphatic rings. The fourth-order valence-corrected chi connectivity index (χ4v) is 6.14. The number of rotatable bonds is 2. The molecule has 1 aliphatic heterocycles. The van der Waals surface area contributed by atoms with E-state index >= 15 is 0 Å². The van der Waals surface area contributed by atoms with Gasteiger partial charge in [0.2, 0.25) is 0 Å². The molecule has 0 saturated carbocycles. The van der Waals surface area contributed by atoms with Crippen molar-refractivity contribution < 1.29 is 12.8 Å². The molecule has 1 aromatic carbocycles. The molecule has 20 heavy (non-hydrogen) atoms. The summed E-state index contributed by atoms with van der Waals surface area (Å²) in [7, 11) is -3.70. The first-order valence-electron chi connectivity index (χ1n) is 5.65. The lowest BCUT2D eigenvalue weighted by Gasteiger charge is -2.18. The summed E-state index contributed by atoms with van der Waals surface area (Å²) in [6.45, 7) is 0.314. The Bertz CT molecular complexity index is 771. The van der Waals surface area contributed by atoms with Crippen molar-refractivity contribution in [2.24, 2.45) is 0 Å². The largest absolute Gasteiger partial charge is 0.273 e. The lowest BCUT2D eigenvalue weighted by Crippen LogP contribution is -2.28. The quantitative estimate of drug-likeness (QED) is 0.768. The first kappa shape index (κ1) is 14.3. The van der Waals surface area contributed by atoms with Crippen molar-refractivity contribution in [1.82, 2.24) is 0 Å². The maximum absolute atomic E-state index is 13.3. The molecular formula is C12H8BrClFNO2S2. The predicted octanol–water partition coefficient (Wildman–Crippen LogP) is 4.05. The van der Waals surface area contributed by atoms with Gasteiger partial charge in [0.05, 0.1) is 14.5 Å². The minimum Gasteiger partial charge on any atom is -0.265 e. The second-order valence-electron chi connectivity index (χ2n) is 4.29. The van der Waals surface area contributed by atoms with Crippen LogP contribution in [0.1, 0.15) is 5.56 Å². The lowest BCUT2D eigenvalue weighted by molar-refractivity contribution is 0.594. The van der Waals surface area contributed by atoms with Gasteiger partial charge in [-0.05, 0) is 46.1 Å². The molecule has 0 radical (unpaired) electrons. The van der Waals surface area contributed by atoms with Crippen molar-refractivity contribution in [2.45, 2.75) is 10.6 Å². The van der Waals surface area contributed by atoms with Gasteiger partial charge in [0.15, 0.2) is 0 Å². The highest BCUT2D eigenvalue weighted by Gasteiger charge is 2.32. The first-order valence-corrected chi connectivity index (χ1v) is 9.08. The Hall–Kier alpha value is -0.630. The number of thiophene rings is 1. The Kier molecular flexibility index (Phi) is 3.56. The second kappa shape index (κ2) is 4.98. The molecular weight excluding hydrogens is 389 g/mol. The highest BCUT2D eigenvalue weighted by molar-refractivity contribution is 9.11. The maximum atomic E-state index is 13.3. The molecule has 0 amide bonds. The molecule has 0 aliphatic carbocycles. The van der Waals surface area contributed by atoms with Gasteiger partial charge in [-0.1, -0.05) is 17.7 Å². The Labute approximate surface area is 133 Å².